The molecule has 3 heterocycles. The first kappa shape index (κ1) is 23.6. The summed E-state index contributed by atoms with van der Waals surface area (Å²) in [6, 6.07) is 10.5. The summed E-state index contributed by atoms with van der Waals surface area (Å²) < 4.78 is 5.48. The van der Waals surface area contributed by atoms with Crippen LogP contribution in [0.15, 0.2) is 30.3 Å². The highest BCUT2D eigenvalue weighted by atomic mass is 16.5. The molecule has 4 rings (SSSR count). The molecule has 1 N–H and O–H groups in total. The molecule has 1 aromatic heterocycles. The number of aliphatic carboxylic acids is 1. The number of nitrogens with zero attached hydrogens (tertiary/aromatic N) is 4. The molecule has 7 heteroatoms. The molecular formula is C23H34N4O3. The van der Waals surface area contributed by atoms with Crippen LogP contribution in [0.3, 0.4) is 0 Å². The lowest BCUT2D eigenvalue weighted by atomic mass is 10.1. The van der Waals surface area contributed by atoms with Crippen molar-refractivity contribution >= 4 is 17.7 Å². The zero-order valence-electron chi connectivity index (χ0n) is 18.6. The van der Waals surface area contributed by atoms with Crippen molar-refractivity contribution in [3.63, 3.8) is 0 Å². The predicted molar refractivity (Wildman–Crippen MR) is 121 cm³/mol. The number of hydrogen-bond donors (Lipinski definition) is 1. The molecule has 0 aliphatic carbocycles. The smallest absolute Gasteiger partial charge is 0.300 e. The lowest BCUT2D eigenvalue weighted by Crippen LogP contribution is -2.37. The highest BCUT2D eigenvalue weighted by Crippen LogP contribution is 2.35. The van der Waals surface area contributed by atoms with E-state index in [0.29, 0.717) is 0 Å². The van der Waals surface area contributed by atoms with Crippen molar-refractivity contribution in [2.24, 2.45) is 0 Å². The second-order valence-corrected chi connectivity index (χ2v) is 6.90. The number of aromatic nitrogens is 2. The maximum atomic E-state index is 9.00. The summed E-state index contributed by atoms with van der Waals surface area (Å²) in [4.78, 5) is 23.6. The van der Waals surface area contributed by atoms with E-state index in [1.54, 1.807) is 0 Å². The summed E-state index contributed by atoms with van der Waals surface area (Å²) in [5.41, 5.74) is 3.58. The van der Waals surface area contributed by atoms with Gasteiger partial charge >= 0.3 is 0 Å². The maximum absolute atomic E-state index is 9.00. The first-order valence-corrected chi connectivity index (χ1v) is 10.8. The Morgan fingerprint density at radius 2 is 1.73 bits per heavy atom. The zero-order chi connectivity index (χ0) is 21.9. The van der Waals surface area contributed by atoms with Crippen molar-refractivity contribution in [2.75, 3.05) is 49.2 Å². The van der Waals surface area contributed by atoms with Crippen LogP contribution in [0.25, 0.3) is 11.3 Å². The van der Waals surface area contributed by atoms with Gasteiger partial charge in [-0.3, -0.25) is 4.79 Å². The van der Waals surface area contributed by atoms with Gasteiger partial charge in [0.1, 0.15) is 5.82 Å². The topological polar surface area (TPSA) is 78.8 Å². The van der Waals surface area contributed by atoms with E-state index in [0.717, 1.165) is 76.6 Å². The molecule has 0 amide bonds. The SMILES string of the molecule is CC.CC(=O)O.CCCN1CCc2c(-c3ccccc3)nc(N3CCOCC3)nc21. The predicted octanol–water partition coefficient (Wildman–Crippen LogP) is 3.87. The third kappa shape index (κ3) is 6.16. The molecule has 30 heavy (non-hydrogen) atoms. The second kappa shape index (κ2) is 12.1. The molecule has 0 atom stereocenters. The fraction of sp³-hybridized carbons (Fsp3) is 0.522. The minimum atomic E-state index is -0.833. The fourth-order valence-corrected chi connectivity index (χ4v) is 3.53. The van der Waals surface area contributed by atoms with Gasteiger partial charge < -0.3 is 19.6 Å². The van der Waals surface area contributed by atoms with Gasteiger partial charge in [0.05, 0.1) is 18.9 Å². The van der Waals surface area contributed by atoms with Crippen LogP contribution in [-0.4, -0.2) is 60.4 Å². The average Bonchev–Trinajstić information content (AvgIpc) is 3.18. The lowest BCUT2D eigenvalue weighted by molar-refractivity contribution is -0.134. The first-order valence-electron chi connectivity index (χ1n) is 10.8. The van der Waals surface area contributed by atoms with E-state index in [2.05, 4.69) is 47.1 Å². The molecule has 0 radical (unpaired) electrons. The van der Waals surface area contributed by atoms with Gasteiger partial charge in [-0.15, -0.1) is 0 Å². The Balaban J connectivity index is 0.000000481. The molecule has 0 saturated carbocycles. The monoisotopic (exact) mass is 414 g/mol. The quantitative estimate of drug-likeness (QED) is 0.813. The van der Waals surface area contributed by atoms with Crippen molar-refractivity contribution in [2.45, 2.75) is 40.5 Å². The molecule has 2 aliphatic rings. The number of fused-ring (bicyclic) bond motifs is 1. The normalized spacial score (nSPS) is 14.8. The largest absolute Gasteiger partial charge is 0.481 e. The molecular weight excluding hydrogens is 380 g/mol. The summed E-state index contributed by atoms with van der Waals surface area (Å²) >= 11 is 0. The second-order valence-electron chi connectivity index (χ2n) is 6.90. The molecule has 1 fully saturated rings. The van der Waals surface area contributed by atoms with E-state index in [1.807, 2.05) is 13.8 Å². The molecule has 0 unspecified atom stereocenters. The summed E-state index contributed by atoms with van der Waals surface area (Å²) in [5, 5.41) is 7.42. The minimum absolute atomic E-state index is 0.750. The van der Waals surface area contributed by atoms with Crippen LogP contribution < -0.4 is 9.80 Å². The molecule has 2 aliphatic heterocycles. The van der Waals surface area contributed by atoms with Crippen molar-refractivity contribution in [1.82, 2.24) is 9.97 Å². The number of hydrogen-bond acceptors (Lipinski definition) is 6. The van der Waals surface area contributed by atoms with E-state index in [1.165, 1.54) is 11.1 Å². The lowest BCUT2D eigenvalue weighted by Gasteiger charge is -2.28. The van der Waals surface area contributed by atoms with Gasteiger partial charge in [-0.1, -0.05) is 51.1 Å². The standard InChI is InChI=1S/C19H24N4O.C2H4O2.C2H6/c1-2-9-22-10-8-16-17(15-6-4-3-5-7-15)20-19(21-18(16)22)23-11-13-24-14-12-23;1-2(3)4;1-2/h3-7H,2,8-14H2,1H3;1H3,(H,3,4);1-2H3. The Morgan fingerprint density at radius 1 is 1.10 bits per heavy atom. The number of benzene rings is 1. The first-order chi connectivity index (χ1) is 14.6. The Bertz CT molecular complexity index is 789. The Hall–Kier alpha value is -2.67. The number of carboxylic acids is 1. The summed E-state index contributed by atoms with van der Waals surface area (Å²) in [5.74, 6) is 1.14. The van der Waals surface area contributed by atoms with E-state index in [-0.39, 0.29) is 0 Å². The van der Waals surface area contributed by atoms with Crippen LogP contribution in [0.5, 0.6) is 0 Å². The molecule has 0 spiro atoms. The van der Waals surface area contributed by atoms with Crippen LogP contribution in [-0.2, 0) is 16.0 Å². The summed E-state index contributed by atoms with van der Waals surface area (Å²) in [6.45, 7) is 12.6. The van der Waals surface area contributed by atoms with Gasteiger partial charge in [0.25, 0.3) is 5.97 Å². The van der Waals surface area contributed by atoms with E-state index in [4.69, 9.17) is 24.6 Å². The van der Waals surface area contributed by atoms with Gasteiger partial charge in [-0.25, -0.2) is 4.98 Å². The molecule has 1 saturated heterocycles. The number of carboxylic acid groups (broad SMARTS) is 1. The number of anilines is 2. The van der Waals surface area contributed by atoms with E-state index in [9.17, 15) is 0 Å². The van der Waals surface area contributed by atoms with Gasteiger partial charge in [0.2, 0.25) is 5.95 Å². The molecule has 7 nitrogen and oxygen atoms in total. The van der Waals surface area contributed by atoms with E-state index < -0.39 is 5.97 Å². The minimum Gasteiger partial charge on any atom is -0.481 e. The number of morpholine rings is 1. The third-order valence-electron chi connectivity index (χ3n) is 4.74. The Morgan fingerprint density at radius 3 is 2.33 bits per heavy atom. The van der Waals surface area contributed by atoms with Gasteiger partial charge in [-0.05, 0) is 12.8 Å². The van der Waals surface area contributed by atoms with Gasteiger partial charge in [0, 0.05) is 44.2 Å². The highest BCUT2D eigenvalue weighted by molar-refractivity contribution is 5.73. The van der Waals surface area contributed by atoms with E-state index >= 15 is 0 Å². The number of carbonyl (C=O) groups is 1. The van der Waals surface area contributed by atoms with Crippen LogP contribution >= 0.6 is 0 Å². The van der Waals surface area contributed by atoms with Crippen LogP contribution in [0.1, 0.15) is 39.7 Å². The Labute approximate surface area is 179 Å². The van der Waals surface area contributed by atoms with Crippen molar-refractivity contribution in [3.8, 4) is 11.3 Å². The van der Waals surface area contributed by atoms with Crippen LogP contribution in [0.4, 0.5) is 11.8 Å². The fourth-order valence-electron chi connectivity index (χ4n) is 3.53. The number of rotatable bonds is 4. The van der Waals surface area contributed by atoms with Gasteiger partial charge in [0.15, 0.2) is 0 Å². The van der Waals surface area contributed by atoms with Crippen molar-refractivity contribution < 1.29 is 14.6 Å². The van der Waals surface area contributed by atoms with Crippen LogP contribution in [0.2, 0.25) is 0 Å². The highest BCUT2D eigenvalue weighted by Gasteiger charge is 2.27. The zero-order valence-corrected chi connectivity index (χ0v) is 18.6. The van der Waals surface area contributed by atoms with Gasteiger partial charge in [-0.2, -0.15) is 4.98 Å². The maximum Gasteiger partial charge on any atom is 0.300 e. The van der Waals surface area contributed by atoms with Crippen LogP contribution in [0, 0.1) is 0 Å². The van der Waals surface area contributed by atoms with Crippen molar-refractivity contribution in [1.29, 1.82) is 0 Å². The summed E-state index contributed by atoms with van der Waals surface area (Å²) in [7, 11) is 0. The molecule has 2 aromatic rings. The molecule has 1 aromatic carbocycles. The molecule has 0 bridgehead atoms. The molecule has 164 valence electrons. The third-order valence-corrected chi connectivity index (χ3v) is 4.74. The Kier molecular flexibility index (Phi) is 9.54. The summed E-state index contributed by atoms with van der Waals surface area (Å²) in [6.07, 6.45) is 2.17. The number of ether oxygens (including phenoxy) is 1. The van der Waals surface area contributed by atoms with Crippen molar-refractivity contribution in [3.05, 3.63) is 35.9 Å². The average molecular weight is 415 g/mol.